The SMILES string of the molecule is CCOC(=O)[C@@H](C(C)=O)c1cc(=O)oc2c3c4c(cc12)CCCN4CCC3. The van der Waals surface area contributed by atoms with Gasteiger partial charge in [-0.3, -0.25) is 9.59 Å². The smallest absolute Gasteiger partial charge is 0.336 e. The quantitative estimate of drug-likeness (QED) is 0.469. The maximum Gasteiger partial charge on any atom is 0.336 e. The molecule has 0 bridgehead atoms. The first-order chi connectivity index (χ1) is 13.0. The average Bonchev–Trinajstić information content (AvgIpc) is 2.63. The van der Waals surface area contributed by atoms with E-state index in [1.54, 1.807) is 6.92 Å². The fraction of sp³-hybridized carbons (Fsp3) is 0.476. The number of ketones is 1. The third kappa shape index (κ3) is 2.93. The lowest BCUT2D eigenvalue weighted by Gasteiger charge is -2.37. The van der Waals surface area contributed by atoms with Gasteiger partial charge in [0.05, 0.1) is 6.61 Å². The van der Waals surface area contributed by atoms with Crippen LogP contribution in [0.2, 0.25) is 0 Å². The zero-order chi connectivity index (χ0) is 19.1. The molecule has 0 amide bonds. The van der Waals surface area contributed by atoms with Gasteiger partial charge in [-0.05, 0) is 56.7 Å². The van der Waals surface area contributed by atoms with E-state index < -0.39 is 17.5 Å². The van der Waals surface area contributed by atoms with Gasteiger partial charge in [-0.2, -0.15) is 0 Å². The molecule has 6 nitrogen and oxygen atoms in total. The molecule has 0 aliphatic carbocycles. The molecule has 2 aliphatic heterocycles. The summed E-state index contributed by atoms with van der Waals surface area (Å²) in [5.74, 6) is -2.07. The number of fused-ring (bicyclic) bond motifs is 2. The molecule has 0 spiro atoms. The Morgan fingerprint density at radius 3 is 2.67 bits per heavy atom. The van der Waals surface area contributed by atoms with E-state index >= 15 is 0 Å². The van der Waals surface area contributed by atoms with E-state index in [0.717, 1.165) is 44.3 Å². The number of rotatable bonds is 4. The van der Waals surface area contributed by atoms with Gasteiger partial charge in [-0.15, -0.1) is 0 Å². The molecule has 142 valence electrons. The van der Waals surface area contributed by atoms with Gasteiger partial charge < -0.3 is 14.1 Å². The summed E-state index contributed by atoms with van der Waals surface area (Å²) in [4.78, 5) is 39.4. The second kappa shape index (κ2) is 6.83. The molecule has 6 heteroatoms. The Hall–Kier alpha value is -2.63. The maximum atomic E-state index is 12.5. The van der Waals surface area contributed by atoms with Gasteiger partial charge in [-0.1, -0.05) is 0 Å². The summed E-state index contributed by atoms with van der Waals surface area (Å²) in [6.45, 7) is 5.24. The van der Waals surface area contributed by atoms with E-state index in [9.17, 15) is 14.4 Å². The molecule has 1 aromatic carbocycles. The standard InChI is InChI=1S/C21H23NO5/c1-3-26-21(25)18(12(2)23)15-11-17(24)27-20-14-7-5-9-22-8-4-6-13(19(14)22)10-16(15)20/h10-11,18H,3-9H2,1-2H3/t18-/m0/s1. The highest BCUT2D eigenvalue weighted by atomic mass is 16.5. The number of aryl methyl sites for hydroxylation is 2. The van der Waals surface area contributed by atoms with E-state index in [0.29, 0.717) is 16.5 Å². The third-order valence-corrected chi connectivity index (χ3v) is 5.50. The summed E-state index contributed by atoms with van der Waals surface area (Å²) >= 11 is 0. The Morgan fingerprint density at radius 1 is 1.22 bits per heavy atom. The minimum atomic E-state index is -1.11. The van der Waals surface area contributed by atoms with Crippen molar-refractivity contribution >= 4 is 28.4 Å². The van der Waals surface area contributed by atoms with Gasteiger partial charge in [0.2, 0.25) is 0 Å². The number of carbonyl (C=O) groups excluding carboxylic acids is 2. The van der Waals surface area contributed by atoms with Gasteiger partial charge >= 0.3 is 11.6 Å². The van der Waals surface area contributed by atoms with E-state index in [1.165, 1.54) is 24.2 Å². The molecule has 1 atom stereocenters. The van der Waals surface area contributed by atoms with E-state index in [4.69, 9.17) is 9.15 Å². The second-order valence-corrected chi connectivity index (χ2v) is 7.25. The molecular formula is C21H23NO5. The first-order valence-electron chi connectivity index (χ1n) is 9.55. The van der Waals surface area contributed by atoms with E-state index in [1.807, 2.05) is 6.07 Å². The Morgan fingerprint density at radius 2 is 1.96 bits per heavy atom. The van der Waals surface area contributed by atoms with Gasteiger partial charge in [0.15, 0.2) is 0 Å². The molecule has 1 aromatic heterocycles. The van der Waals surface area contributed by atoms with Crippen LogP contribution < -0.4 is 10.5 Å². The highest BCUT2D eigenvalue weighted by Gasteiger charge is 2.33. The predicted molar refractivity (Wildman–Crippen MR) is 101 cm³/mol. The van der Waals surface area contributed by atoms with Crippen LogP contribution in [0.25, 0.3) is 11.0 Å². The molecule has 3 heterocycles. The lowest BCUT2D eigenvalue weighted by atomic mass is 9.86. The van der Waals surface area contributed by atoms with Crippen molar-refractivity contribution in [2.24, 2.45) is 0 Å². The predicted octanol–water partition coefficient (Wildman–Crippen LogP) is 2.73. The molecule has 0 radical (unpaired) electrons. The molecule has 27 heavy (non-hydrogen) atoms. The van der Waals surface area contributed by atoms with Crippen molar-refractivity contribution < 1.29 is 18.7 Å². The monoisotopic (exact) mass is 369 g/mol. The third-order valence-electron chi connectivity index (χ3n) is 5.50. The fourth-order valence-electron chi connectivity index (χ4n) is 4.47. The summed E-state index contributed by atoms with van der Waals surface area (Å²) in [5.41, 5.74) is 3.77. The Balaban J connectivity index is 2.01. The number of nitrogens with zero attached hydrogens (tertiary/aromatic N) is 1. The van der Waals surface area contributed by atoms with Crippen LogP contribution in [0.5, 0.6) is 0 Å². The molecule has 0 fully saturated rings. The topological polar surface area (TPSA) is 76.8 Å². The molecule has 0 N–H and O–H groups in total. The number of ether oxygens (including phenoxy) is 1. The molecule has 4 rings (SSSR count). The van der Waals surface area contributed by atoms with Gasteiger partial charge in [0.1, 0.15) is 17.3 Å². The highest BCUT2D eigenvalue weighted by molar-refractivity contribution is 6.07. The van der Waals surface area contributed by atoms with Gasteiger partial charge in [0.25, 0.3) is 0 Å². The Kier molecular flexibility index (Phi) is 4.50. The van der Waals surface area contributed by atoms with Crippen LogP contribution in [-0.2, 0) is 27.2 Å². The minimum Gasteiger partial charge on any atom is -0.465 e. The summed E-state index contributed by atoms with van der Waals surface area (Å²) in [6.07, 6.45) is 3.83. The number of anilines is 1. The van der Waals surface area contributed by atoms with Gasteiger partial charge in [0, 0.05) is 35.8 Å². The minimum absolute atomic E-state index is 0.178. The van der Waals surface area contributed by atoms with Crippen LogP contribution in [0, 0.1) is 0 Å². The van der Waals surface area contributed by atoms with Crippen LogP contribution in [-0.4, -0.2) is 31.4 Å². The van der Waals surface area contributed by atoms with Crippen LogP contribution in [0.4, 0.5) is 5.69 Å². The zero-order valence-electron chi connectivity index (χ0n) is 15.7. The number of hydrogen-bond donors (Lipinski definition) is 0. The Labute approximate surface area is 157 Å². The number of esters is 1. The van der Waals surface area contributed by atoms with E-state index in [-0.39, 0.29) is 12.4 Å². The number of hydrogen-bond acceptors (Lipinski definition) is 6. The molecule has 0 saturated heterocycles. The summed E-state index contributed by atoms with van der Waals surface area (Å²) in [7, 11) is 0. The lowest BCUT2D eigenvalue weighted by Crippen LogP contribution is -2.34. The maximum absolute atomic E-state index is 12.5. The zero-order valence-corrected chi connectivity index (χ0v) is 15.7. The largest absolute Gasteiger partial charge is 0.465 e. The fourth-order valence-corrected chi connectivity index (χ4v) is 4.47. The van der Waals surface area contributed by atoms with Crippen LogP contribution in [0.1, 0.15) is 49.3 Å². The van der Waals surface area contributed by atoms with Crippen LogP contribution in [0.15, 0.2) is 21.3 Å². The summed E-state index contributed by atoms with van der Waals surface area (Å²) < 4.78 is 10.7. The van der Waals surface area contributed by atoms with Crippen molar-refractivity contribution in [3.63, 3.8) is 0 Å². The molecule has 0 unspecified atom stereocenters. The summed E-state index contributed by atoms with van der Waals surface area (Å²) in [6, 6.07) is 3.27. The number of benzene rings is 1. The van der Waals surface area contributed by atoms with E-state index in [2.05, 4.69) is 4.90 Å². The average molecular weight is 369 g/mol. The number of carbonyl (C=O) groups is 2. The molecular weight excluding hydrogens is 346 g/mol. The van der Waals surface area contributed by atoms with Gasteiger partial charge in [-0.25, -0.2) is 4.79 Å². The molecule has 2 aromatic rings. The van der Waals surface area contributed by atoms with Crippen molar-refractivity contribution in [1.82, 2.24) is 0 Å². The first kappa shape index (κ1) is 17.8. The summed E-state index contributed by atoms with van der Waals surface area (Å²) in [5, 5.41) is 0.681. The van der Waals surface area contributed by atoms with Crippen LogP contribution >= 0.6 is 0 Å². The molecule has 2 aliphatic rings. The Bertz CT molecular complexity index is 988. The van der Waals surface area contributed by atoms with Crippen molar-refractivity contribution in [3.05, 3.63) is 39.2 Å². The first-order valence-corrected chi connectivity index (χ1v) is 9.55. The van der Waals surface area contributed by atoms with Crippen molar-refractivity contribution in [2.75, 3.05) is 24.6 Å². The normalized spacial score (nSPS) is 16.7. The van der Waals surface area contributed by atoms with Crippen molar-refractivity contribution in [3.8, 4) is 0 Å². The molecule has 0 saturated carbocycles. The second-order valence-electron chi connectivity index (χ2n) is 7.25. The lowest BCUT2D eigenvalue weighted by molar-refractivity contribution is -0.147. The highest BCUT2D eigenvalue weighted by Crippen LogP contribution is 2.41. The van der Waals surface area contributed by atoms with Crippen molar-refractivity contribution in [2.45, 2.75) is 45.4 Å². The number of Topliss-reactive ketones (excluding diaryl/α,β-unsaturated/α-hetero) is 1. The van der Waals surface area contributed by atoms with Crippen LogP contribution in [0.3, 0.4) is 0 Å². The van der Waals surface area contributed by atoms with Crippen molar-refractivity contribution in [1.29, 1.82) is 0 Å².